The van der Waals surface area contributed by atoms with Gasteiger partial charge in [-0.15, -0.1) is 0 Å². The second kappa shape index (κ2) is 7.15. The zero-order valence-electron chi connectivity index (χ0n) is 12.6. The smallest absolute Gasteiger partial charge is 0.252 e. The molecule has 1 unspecified atom stereocenters. The zero-order chi connectivity index (χ0) is 16.1. The molecule has 6 heteroatoms. The summed E-state index contributed by atoms with van der Waals surface area (Å²) in [4.78, 5) is 18.6. The fraction of sp³-hybridized carbons (Fsp3) is 0.375. The number of anilines is 1. The SMILES string of the molecule is CCCCNc1nc(C(C)c2c(F)cccc2F)cc(=O)[nH]1. The number of nitrogens with one attached hydrogen (secondary N) is 2. The van der Waals surface area contributed by atoms with E-state index in [1.54, 1.807) is 6.92 Å². The van der Waals surface area contributed by atoms with E-state index in [2.05, 4.69) is 22.2 Å². The fourth-order valence-corrected chi connectivity index (χ4v) is 2.24. The Morgan fingerprint density at radius 1 is 1.32 bits per heavy atom. The molecule has 1 atom stereocenters. The summed E-state index contributed by atoms with van der Waals surface area (Å²) in [6, 6.07) is 4.97. The first-order valence-corrected chi connectivity index (χ1v) is 7.32. The summed E-state index contributed by atoms with van der Waals surface area (Å²) in [6.45, 7) is 4.35. The lowest BCUT2D eigenvalue weighted by Gasteiger charge is -2.14. The average Bonchev–Trinajstić information content (AvgIpc) is 2.46. The first-order chi connectivity index (χ1) is 10.5. The van der Waals surface area contributed by atoms with Crippen molar-refractivity contribution in [3.63, 3.8) is 0 Å². The predicted molar refractivity (Wildman–Crippen MR) is 82.1 cm³/mol. The van der Waals surface area contributed by atoms with Gasteiger partial charge in [0.05, 0.1) is 5.69 Å². The highest BCUT2D eigenvalue weighted by Crippen LogP contribution is 2.27. The molecule has 0 saturated heterocycles. The molecule has 0 aliphatic carbocycles. The number of hydrogen-bond acceptors (Lipinski definition) is 3. The van der Waals surface area contributed by atoms with Gasteiger partial charge in [0.15, 0.2) is 0 Å². The van der Waals surface area contributed by atoms with Crippen LogP contribution in [0.3, 0.4) is 0 Å². The molecule has 1 heterocycles. The van der Waals surface area contributed by atoms with Gasteiger partial charge in [0.25, 0.3) is 5.56 Å². The molecule has 2 aromatic rings. The topological polar surface area (TPSA) is 57.8 Å². The number of halogens is 2. The van der Waals surface area contributed by atoms with Crippen LogP contribution in [0.25, 0.3) is 0 Å². The molecule has 0 radical (unpaired) electrons. The van der Waals surface area contributed by atoms with Crippen LogP contribution in [0.2, 0.25) is 0 Å². The number of benzene rings is 1. The summed E-state index contributed by atoms with van der Waals surface area (Å²) in [5.74, 6) is -1.63. The van der Waals surface area contributed by atoms with Gasteiger partial charge in [-0.3, -0.25) is 9.78 Å². The summed E-state index contributed by atoms with van der Waals surface area (Å²) in [5.41, 5.74) is -0.112. The number of hydrogen-bond donors (Lipinski definition) is 2. The van der Waals surface area contributed by atoms with Gasteiger partial charge in [-0.05, 0) is 18.6 Å². The molecule has 0 amide bonds. The number of unbranched alkanes of at least 4 members (excludes halogenated alkanes) is 1. The van der Waals surface area contributed by atoms with Crippen LogP contribution < -0.4 is 10.9 Å². The van der Waals surface area contributed by atoms with Gasteiger partial charge >= 0.3 is 0 Å². The van der Waals surface area contributed by atoms with Crippen molar-refractivity contribution < 1.29 is 8.78 Å². The lowest BCUT2D eigenvalue weighted by molar-refractivity contribution is 0.545. The fourth-order valence-electron chi connectivity index (χ4n) is 2.24. The molecule has 0 aliphatic heterocycles. The third-order valence-electron chi connectivity index (χ3n) is 3.46. The Kier molecular flexibility index (Phi) is 5.25. The molecule has 1 aromatic heterocycles. The van der Waals surface area contributed by atoms with E-state index in [0.717, 1.165) is 12.8 Å². The minimum Gasteiger partial charge on any atom is -0.356 e. The lowest BCUT2D eigenvalue weighted by Crippen LogP contribution is -2.17. The highest BCUT2D eigenvalue weighted by Gasteiger charge is 2.19. The van der Waals surface area contributed by atoms with Crippen molar-refractivity contribution in [1.82, 2.24) is 9.97 Å². The number of aromatic amines is 1. The van der Waals surface area contributed by atoms with E-state index in [-0.39, 0.29) is 11.1 Å². The molecule has 1 aromatic carbocycles. The number of aromatic nitrogens is 2. The van der Waals surface area contributed by atoms with Gasteiger partial charge in [-0.2, -0.15) is 0 Å². The molecule has 0 bridgehead atoms. The molecule has 2 N–H and O–H groups in total. The molecule has 4 nitrogen and oxygen atoms in total. The van der Waals surface area contributed by atoms with Crippen LogP contribution in [0, 0.1) is 11.6 Å². The average molecular weight is 307 g/mol. The van der Waals surface area contributed by atoms with Crippen molar-refractivity contribution in [2.24, 2.45) is 0 Å². The molecular weight excluding hydrogens is 288 g/mol. The standard InChI is InChI=1S/C16H19F2N3O/c1-3-4-8-19-16-20-13(9-14(22)21-16)10(2)15-11(17)6-5-7-12(15)18/h5-7,9-10H,3-4,8H2,1-2H3,(H2,19,20,21,22). The van der Waals surface area contributed by atoms with E-state index in [9.17, 15) is 13.6 Å². The monoisotopic (exact) mass is 307 g/mol. The minimum atomic E-state index is -0.657. The number of nitrogens with zero attached hydrogens (tertiary/aromatic N) is 1. The first-order valence-electron chi connectivity index (χ1n) is 7.32. The van der Waals surface area contributed by atoms with Gasteiger partial charge in [0.1, 0.15) is 11.6 Å². The Bertz CT molecular complexity index is 680. The van der Waals surface area contributed by atoms with Crippen molar-refractivity contribution in [3.05, 3.63) is 57.5 Å². The third-order valence-corrected chi connectivity index (χ3v) is 3.46. The van der Waals surface area contributed by atoms with Crippen molar-refractivity contribution >= 4 is 5.95 Å². The molecule has 22 heavy (non-hydrogen) atoms. The second-order valence-electron chi connectivity index (χ2n) is 5.16. The Hall–Kier alpha value is -2.24. The Morgan fingerprint density at radius 3 is 2.64 bits per heavy atom. The van der Waals surface area contributed by atoms with E-state index in [0.29, 0.717) is 18.2 Å². The van der Waals surface area contributed by atoms with Crippen LogP contribution >= 0.6 is 0 Å². The van der Waals surface area contributed by atoms with Gasteiger partial charge < -0.3 is 5.32 Å². The summed E-state index contributed by atoms with van der Waals surface area (Å²) < 4.78 is 27.7. The van der Waals surface area contributed by atoms with Gasteiger partial charge in [0, 0.05) is 24.1 Å². The summed E-state index contributed by atoms with van der Waals surface area (Å²) in [6.07, 6.45) is 1.94. The van der Waals surface area contributed by atoms with Crippen molar-refractivity contribution in [2.45, 2.75) is 32.6 Å². The highest BCUT2D eigenvalue weighted by molar-refractivity contribution is 5.33. The number of rotatable bonds is 6. The largest absolute Gasteiger partial charge is 0.356 e. The van der Waals surface area contributed by atoms with Gasteiger partial charge in [0.2, 0.25) is 5.95 Å². The Morgan fingerprint density at radius 2 is 2.00 bits per heavy atom. The van der Waals surface area contributed by atoms with E-state index >= 15 is 0 Å². The summed E-state index contributed by atoms with van der Waals surface area (Å²) in [5, 5.41) is 3.01. The van der Waals surface area contributed by atoms with Crippen LogP contribution in [0.15, 0.2) is 29.1 Å². The van der Waals surface area contributed by atoms with Crippen LogP contribution in [0.1, 0.15) is 43.9 Å². The molecule has 0 fully saturated rings. The molecule has 0 aliphatic rings. The van der Waals surface area contributed by atoms with E-state index in [1.807, 2.05) is 0 Å². The number of H-pyrrole nitrogens is 1. The van der Waals surface area contributed by atoms with E-state index in [4.69, 9.17) is 0 Å². The second-order valence-corrected chi connectivity index (χ2v) is 5.16. The first kappa shape index (κ1) is 16.1. The molecule has 118 valence electrons. The molecular formula is C16H19F2N3O. The van der Waals surface area contributed by atoms with Crippen molar-refractivity contribution in [2.75, 3.05) is 11.9 Å². The quantitative estimate of drug-likeness (QED) is 0.804. The maximum absolute atomic E-state index is 13.9. The lowest BCUT2D eigenvalue weighted by atomic mass is 9.96. The van der Waals surface area contributed by atoms with Gasteiger partial charge in [-0.1, -0.05) is 26.3 Å². The van der Waals surface area contributed by atoms with E-state index < -0.39 is 17.6 Å². The summed E-state index contributed by atoms with van der Waals surface area (Å²) in [7, 11) is 0. The summed E-state index contributed by atoms with van der Waals surface area (Å²) >= 11 is 0. The Balaban J connectivity index is 2.33. The minimum absolute atomic E-state index is 0.0832. The highest BCUT2D eigenvalue weighted by atomic mass is 19.1. The zero-order valence-corrected chi connectivity index (χ0v) is 12.6. The van der Waals surface area contributed by atoms with Crippen LogP contribution in [0.4, 0.5) is 14.7 Å². The predicted octanol–water partition coefficient (Wildman–Crippen LogP) is 3.41. The van der Waals surface area contributed by atoms with Gasteiger partial charge in [-0.25, -0.2) is 13.8 Å². The van der Waals surface area contributed by atoms with Crippen LogP contribution in [-0.2, 0) is 0 Å². The third kappa shape index (κ3) is 3.69. The maximum atomic E-state index is 13.9. The molecule has 0 saturated carbocycles. The van der Waals surface area contributed by atoms with Crippen LogP contribution in [-0.4, -0.2) is 16.5 Å². The van der Waals surface area contributed by atoms with E-state index in [1.165, 1.54) is 24.3 Å². The maximum Gasteiger partial charge on any atom is 0.252 e. The van der Waals surface area contributed by atoms with Crippen molar-refractivity contribution in [1.29, 1.82) is 0 Å². The molecule has 0 spiro atoms. The Labute approximate surface area is 127 Å². The normalized spacial score (nSPS) is 12.2. The molecule has 2 rings (SSSR count). The van der Waals surface area contributed by atoms with Crippen molar-refractivity contribution in [3.8, 4) is 0 Å². The van der Waals surface area contributed by atoms with Crippen LogP contribution in [0.5, 0.6) is 0 Å².